The number of nitrogens with two attached hydrogens (primary N) is 1. The number of benzene rings is 2. The first-order valence-corrected chi connectivity index (χ1v) is 9.02. The van der Waals surface area contributed by atoms with Crippen molar-refractivity contribution < 1.29 is 27.5 Å². The van der Waals surface area contributed by atoms with E-state index < -0.39 is 23.7 Å². The lowest BCUT2D eigenvalue weighted by Crippen LogP contribution is -2.55. The van der Waals surface area contributed by atoms with Crippen molar-refractivity contribution in [2.24, 2.45) is 0 Å². The van der Waals surface area contributed by atoms with E-state index in [0.717, 1.165) is 11.8 Å². The minimum Gasteiger partial charge on any atom is -0.439 e. The third kappa shape index (κ3) is 5.11. The summed E-state index contributed by atoms with van der Waals surface area (Å²) >= 11 is 7.45. The Bertz CT molecular complexity index is 891. The summed E-state index contributed by atoms with van der Waals surface area (Å²) in [6.07, 6.45) is -5.11. The molecule has 10 heteroatoms. The summed E-state index contributed by atoms with van der Waals surface area (Å²) in [6.45, 7) is 1.26. The fourth-order valence-corrected chi connectivity index (χ4v) is 3.24. The van der Waals surface area contributed by atoms with Crippen LogP contribution in [0, 0.1) is 0 Å². The number of rotatable bonds is 5. The van der Waals surface area contributed by atoms with E-state index in [1.807, 2.05) is 0 Å². The van der Waals surface area contributed by atoms with Gasteiger partial charge in [-0.2, -0.15) is 13.2 Å². The molecule has 0 fully saturated rings. The molecule has 1 amide bonds. The fourth-order valence-electron chi connectivity index (χ4n) is 2.09. The van der Waals surface area contributed by atoms with Crippen molar-refractivity contribution >= 4 is 46.6 Å². The first kappa shape index (κ1) is 21.9. The summed E-state index contributed by atoms with van der Waals surface area (Å²) in [5, 5.41) is 2.10. The molecule has 3 N–H and O–H groups in total. The second-order valence-electron chi connectivity index (χ2n) is 5.89. The minimum absolute atomic E-state index is 0.0288. The first-order chi connectivity index (χ1) is 12.9. The summed E-state index contributed by atoms with van der Waals surface area (Å²) < 4.78 is 44.1. The predicted molar refractivity (Wildman–Crippen MR) is 101 cm³/mol. The molecule has 0 aliphatic carbocycles. The number of carbonyl (C=O) groups excluding carboxylic acids is 2. The smallest absolute Gasteiger partial charge is 0.437 e. The maximum absolute atomic E-state index is 13.3. The number of hydrogen-bond donors (Lipinski definition) is 2. The van der Waals surface area contributed by atoms with E-state index in [1.54, 1.807) is 30.3 Å². The molecule has 0 saturated carbocycles. The van der Waals surface area contributed by atoms with Crippen LogP contribution in [0.5, 0.6) is 0 Å². The molecule has 2 aromatic carbocycles. The predicted octanol–water partition coefficient (Wildman–Crippen LogP) is 4.90. The Balaban J connectivity index is 2.20. The zero-order chi connectivity index (χ0) is 21.1. The van der Waals surface area contributed by atoms with Gasteiger partial charge in [-0.1, -0.05) is 23.4 Å². The number of alkyl halides is 3. The minimum atomic E-state index is -5.11. The molecule has 0 aliphatic heterocycles. The maximum atomic E-state index is 13.3. The number of anilines is 2. The van der Waals surface area contributed by atoms with Gasteiger partial charge in [0.2, 0.25) is 0 Å². The lowest BCUT2D eigenvalue weighted by Gasteiger charge is -2.29. The van der Waals surface area contributed by atoms with Crippen molar-refractivity contribution in [1.29, 1.82) is 0 Å². The monoisotopic (exact) mass is 432 g/mol. The highest BCUT2D eigenvalue weighted by Gasteiger charge is 2.60. The summed E-state index contributed by atoms with van der Waals surface area (Å²) in [5.41, 5.74) is 2.84. The molecular weight excluding hydrogens is 417 g/mol. The highest BCUT2D eigenvalue weighted by atomic mass is 35.5. The zero-order valence-electron chi connectivity index (χ0n) is 14.8. The van der Waals surface area contributed by atoms with Gasteiger partial charge in [0.15, 0.2) is 0 Å². The Morgan fingerprint density at radius 3 is 2.18 bits per heavy atom. The van der Waals surface area contributed by atoms with Gasteiger partial charge in [-0.3, -0.25) is 9.59 Å². The van der Waals surface area contributed by atoms with E-state index in [-0.39, 0.29) is 10.7 Å². The van der Waals surface area contributed by atoms with E-state index >= 15 is 0 Å². The second-order valence-corrected chi connectivity index (χ2v) is 7.45. The third-order valence-electron chi connectivity index (χ3n) is 3.63. The van der Waals surface area contributed by atoms with Gasteiger partial charge in [-0.05, 0) is 49.4 Å². The molecular formula is C18H16ClF3N2O3S. The van der Waals surface area contributed by atoms with E-state index in [2.05, 4.69) is 10.1 Å². The van der Waals surface area contributed by atoms with Crippen LogP contribution in [0.4, 0.5) is 24.5 Å². The molecule has 0 aromatic heterocycles. The van der Waals surface area contributed by atoms with E-state index in [0.29, 0.717) is 17.5 Å². The molecule has 0 bridgehead atoms. The Morgan fingerprint density at radius 1 is 1.11 bits per heavy atom. The number of esters is 1. The molecule has 5 nitrogen and oxygen atoms in total. The molecule has 0 heterocycles. The molecule has 28 heavy (non-hydrogen) atoms. The molecule has 2 aromatic rings. The van der Waals surface area contributed by atoms with Gasteiger partial charge < -0.3 is 15.8 Å². The Labute approximate surface area is 168 Å². The molecule has 2 rings (SSSR count). The van der Waals surface area contributed by atoms with Gasteiger partial charge in [-0.15, -0.1) is 0 Å². The summed E-state index contributed by atoms with van der Waals surface area (Å²) in [5.74, 6) is -2.80. The van der Waals surface area contributed by atoms with Gasteiger partial charge in [-0.25, -0.2) is 0 Å². The molecule has 0 unspecified atom stereocenters. The summed E-state index contributed by atoms with van der Waals surface area (Å²) in [7, 11) is 0. The van der Waals surface area contributed by atoms with Crippen molar-refractivity contribution in [3.63, 3.8) is 0 Å². The standard InChI is InChI=1S/C18H16ClF3N2O3S/c1-10(25)27-17(2,18(20,21)22)16(26)24-15-8-7-13(9-14(15)19)28-12-5-3-11(23)4-6-12/h3-9H,23H2,1-2H3,(H,24,26)/t17-/m1/s1. The maximum Gasteiger partial charge on any atom is 0.437 e. The van der Waals surface area contributed by atoms with Gasteiger partial charge in [0, 0.05) is 22.4 Å². The van der Waals surface area contributed by atoms with Crippen molar-refractivity contribution in [2.75, 3.05) is 11.1 Å². The lowest BCUT2D eigenvalue weighted by atomic mass is 10.0. The normalized spacial score (nSPS) is 13.5. The van der Waals surface area contributed by atoms with Gasteiger partial charge in [0.05, 0.1) is 10.7 Å². The number of nitrogen functional groups attached to an aromatic ring is 1. The molecule has 150 valence electrons. The van der Waals surface area contributed by atoms with Crippen LogP contribution in [0.3, 0.4) is 0 Å². The first-order valence-electron chi connectivity index (χ1n) is 7.83. The average Bonchev–Trinajstić information content (AvgIpc) is 2.57. The second kappa shape index (κ2) is 8.32. The molecule has 0 spiro atoms. The van der Waals surface area contributed by atoms with Crippen molar-refractivity contribution in [1.82, 2.24) is 0 Å². The summed E-state index contributed by atoms with van der Waals surface area (Å²) in [4.78, 5) is 24.8. The van der Waals surface area contributed by atoms with Crippen LogP contribution in [0.1, 0.15) is 13.8 Å². The lowest BCUT2D eigenvalue weighted by molar-refractivity contribution is -0.253. The Morgan fingerprint density at radius 2 is 1.68 bits per heavy atom. The van der Waals surface area contributed by atoms with Crippen LogP contribution >= 0.6 is 23.4 Å². The van der Waals surface area contributed by atoms with Gasteiger partial charge in [0.1, 0.15) is 0 Å². The van der Waals surface area contributed by atoms with E-state index in [1.165, 1.54) is 23.9 Å². The number of hydrogen-bond acceptors (Lipinski definition) is 5. The fraction of sp³-hybridized carbons (Fsp3) is 0.222. The van der Waals surface area contributed by atoms with Gasteiger partial charge >= 0.3 is 12.1 Å². The highest BCUT2D eigenvalue weighted by Crippen LogP contribution is 2.37. The molecule has 0 saturated heterocycles. The van der Waals surface area contributed by atoms with E-state index in [4.69, 9.17) is 17.3 Å². The number of nitrogens with one attached hydrogen (secondary N) is 1. The average molecular weight is 433 g/mol. The Hall–Kier alpha value is -2.39. The molecule has 0 radical (unpaired) electrons. The largest absolute Gasteiger partial charge is 0.439 e. The number of ether oxygens (including phenoxy) is 1. The van der Waals surface area contributed by atoms with Crippen LogP contribution in [0.2, 0.25) is 5.02 Å². The van der Waals surface area contributed by atoms with Crippen molar-refractivity contribution in [2.45, 2.75) is 35.4 Å². The molecule has 1 atom stereocenters. The topological polar surface area (TPSA) is 81.4 Å². The van der Waals surface area contributed by atoms with Crippen LogP contribution < -0.4 is 11.1 Å². The third-order valence-corrected chi connectivity index (χ3v) is 4.94. The quantitative estimate of drug-likeness (QED) is 0.519. The molecule has 0 aliphatic rings. The van der Waals surface area contributed by atoms with E-state index in [9.17, 15) is 22.8 Å². The van der Waals surface area contributed by atoms with Crippen molar-refractivity contribution in [3.8, 4) is 0 Å². The highest BCUT2D eigenvalue weighted by molar-refractivity contribution is 7.99. The number of halogens is 4. The number of amides is 1. The zero-order valence-corrected chi connectivity index (χ0v) is 16.3. The van der Waals surface area contributed by atoms with Crippen LogP contribution in [0.15, 0.2) is 52.3 Å². The number of carbonyl (C=O) groups is 2. The Kier molecular flexibility index (Phi) is 6.51. The van der Waals surface area contributed by atoms with Crippen LogP contribution in [-0.2, 0) is 14.3 Å². The SMILES string of the molecule is CC(=O)O[C@](C)(C(=O)Nc1ccc(Sc2ccc(N)cc2)cc1Cl)C(F)(F)F. The summed E-state index contributed by atoms with van der Waals surface area (Å²) in [6, 6.07) is 11.5. The van der Waals surface area contributed by atoms with Crippen molar-refractivity contribution in [3.05, 3.63) is 47.5 Å². The van der Waals surface area contributed by atoms with Gasteiger partial charge in [0.25, 0.3) is 11.5 Å². The van der Waals surface area contributed by atoms with Crippen LogP contribution in [-0.4, -0.2) is 23.7 Å². The van der Waals surface area contributed by atoms with Crippen LogP contribution in [0.25, 0.3) is 0 Å².